The first-order chi connectivity index (χ1) is 18.9. The number of nitrogens with zero attached hydrogens (tertiary/aromatic N) is 1. The van der Waals surface area contributed by atoms with Crippen LogP contribution in [0.25, 0.3) is 44.2 Å². The highest BCUT2D eigenvalue weighted by Gasteiger charge is 2.23. The lowest BCUT2D eigenvalue weighted by Crippen LogP contribution is -2.11. The third-order valence-corrected chi connectivity index (χ3v) is 7.06. The molecule has 0 saturated heterocycles. The lowest BCUT2D eigenvalue weighted by atomic mass is 9.98. The Bertz CT molecular complexity index is 1800. The smallest absolute Gasteiger partial charge is 0.160 e. The van der Waals surface area contributed by atoms with Gasteiger partial charge in [0.05, 0.1) is 5.69 Å². The fourth-order valence-corrected chi connectivity index (χ4v) is 5.27. The van der Waals surface area contributed by atoms with Gasteiger partial charge in [0.25, 0.3) is 0 Å². The summed E-state index contributed by atoms with van der Waals surface area (Å²) in [5.41, 5.74) is 9.53. The summed E-state index contributed by atoms with van der Waals surface area (Å²) in [4.78, 5) is 2.31. The SMILES string of the molecule is c1ccc(-c2ccc3c(c2)oc2c(N(c4ccccc4)c4ccccc4)c(-c4ccccc4)ccc23)cc1. The highest BCUT2D eigenvalue weighted by atomic mass is 16.3. The van der Waals surface area contributed by atoms with Crippen molar-refractivity contribution < 1.29 is 4.42 Å². The van der Waals surface area contributed by atoms with E-state index in [-0.39, 0.29) is 0 Å². The van der Waals surface area contributed by atoms with Crippen LogP contribution in [0, 0.1) is 0 Å². The highest BCUT2D eigenvalue weighted by molar-refractivity contribution is 6.14. The van der Waals surface area contributed by atoms with E-state index in [0.29, 0.717) is 0 Å². The Morgan fingerprint density at radius 1 is 0.421 bits per heavy atom. The summed E-state index contributed by atoms with van der Waals surface area (Å²) in [5.74, 6) is 0. The van der Waals surface area contributed by atoms with Crippen LogP contribution in [0.5, 0.6) is 0 Å². The first-order valence-electron chi connectivity index (χ1n) is 12.9. The quantitative estimate of drug-likeness (QED) is 0.240. The van der Waals surface area contributed by atoms with Crippen molar-refractivity contribution in [2.24, 2.45) is 0 Å². The summed E-state index contributed by atoms with van der Waals surface area (Å²) in [6.45, 7) is 0. The average molecular weight is 488 g/mol. The van der Waals surface area contributed by atoms with Gasteiger partial charge in [-0.1, -0.05) is 109 Å². The van der Waals surface area contributed by atoms with Gasteiger partial charge in [-0.3, -0.25) is 0 Å². The molecule has 6 aromatic carbocycles. The van der Waals surface area contributed by atoms with Crippen molar-refractivity contribution in [3.63, 3.8) is 0 Å². The molecule has 1 heterocycles. The van der Waals surface area contributed by atoms with Gasteiger partial charge in [0.15, 0.2) is 5.58 Å². The molecule has 0 spiro atoms. The minimum atomic E-state index is 0.874. The number of rotatable bonds is 5. The van der Waals surface area contributed by atoms with E-state index in [0.717, 1.165) is 55.7 Å². The zero-order valence-corrected chi connectivity index (χ0v) is 20.8. The van der Waals surface area contributed by atoms with E-state index in [2.05, 4.69) is 150 Å². The molecule has 1 aromatic heterocycles. The summed E-state index contributed by atoms with van der Waals surface area (Å²) in [5, 5.41) is 2.22. The van der Waals surface area contributed by atoms with Crippen LogP contribution in [0.15, 0.2) is 156 Å². The number of furan rings is 1. The number of anilines is 3. The summed E-state index contributed by atoms with van der Waals surface area (Å²) in [7, 11) is 0. The maximum Gasteiger partial charge on any atom is 0.160 e. The third-order valence-electron chi connectivity index (χ3n) is 7.06. The van der Waals surface area contributed by atoms with Crippen molar-refractivity contribution in [1.82, 2.24) is 0 Å². The lowest BCUT2D eigenvalue weighted by Gasteiger charge is -2.27. The van der Waals surface area contributed by atoms with Crippen molar-refractivity contribution in [1.29, 1.82) is 0 Å². The standard InChI is InChI=1S/C36H25NO/c1-5-13-26(14-6-1)28-21-22-32-33-24-23-31(27-15-7-2-8-16-27)35(36(33)38-34(32)25-28)37(29-17-9-3-10-18-29)30-19-11-4-12-20-30/h1-25H. The van der Waals surface area contributed by atoms with E-state index in [1.165, 1.54) is 5.56 Å². The van der Waals surface area contributed by atoms with Crippen molar-refractivity contribution in [2.45, 2.75) is 0 Å². The third kappa shape index (κ3) is 3.84. The Hall–Kier alpha value is -5.08. The van der Waals surface area contributed by atoms with Crippen molar-refractivity contribution >= 4 is 39.0 Å². The summed E-state index contributed by atoms with van der Waals surface area (Å²) < 4.78 is 6.79. The van der Waals surface area contributed by atoms with Crippen molar-refractivity contribution in [3.8, 4) is 22.3 Å². The Morgan fingerprint density at radius 2 is 0.947 bits per heavy atom. The molecule has 180 valence electrons. The molecule has 0 bridgehead atoms. The van der Waals surface area contributed by atoms with Gasteiger partial charge in [0.2, 0.25) is 0 Å². The fourth-order valence-electron chi connectivity index (χ4n) is 5.27. The maximum absolute atomic E-state index is 6.79. The molecule has 2 nitrogen and oxygen atoms in total. The van der Waals surface area contributed by atoms with E-state index in [1.807, 2.05) is 6.07 Å². The minimum Gasteiger partial charge on any atom is -0.454 e. The van der Waals surface area contributed by atoms with Gasteiger partial charge >= 0.3 is 0 Å². The molecule has 0 aliphatic rings. The van der Waals surface area contributed by atoms with Crippen LogP contribution in [0.2, 0.25) is 0 Å². The minimum absolute atomic E-state index is 0.874. The molecule has 7 aromatic rings. The highest BCUT2D eigenvalue weighted by Crippen LogP contribution is 2.47. The zero-order valence-electron chi connectivity index (χ0n) is 20.8. The molecular weight excluding hydrogens is 462 g/mol. The first-order valence-corrected chi connectivity index (χ1v) is 12.9. The van der Waals surface area contributed by atoms with Crippen LogP contribution in [0.1, 0.15) is 0 Å². The molecule has 0 aliphatic heterocycles. The van der Waals surface area contributed by atoms with Gasteiger partial charge in [0.1, 0.15) is 5.58 Å². The lowest BCUT2D eigenvalue weighted by molar-refractivity contribution is 0.669. The second-order valence-corrected chi connectivity index (χ2v) is 9.39. The number of benzene rings is 6. The van der Waals surface area contributed by atoms with E-state index < -0.39 is 0 Å². The maximum atomic E-state index is 6.79. The molecule has 0 amide bonds. The molecule has 0 fully saturated rings. The molecule has 7 rings (SSSR count). The molecule has 0 N–H and O–H groups in total. The normalized spacial score (nSPS) is 11.2. The van der Waals surface area contributed by atoms with E-state index >= 15 is 0 Å². The second-order valence-electron chi connectivity index (χ2n) is 9.39. The molecule has 0 saturated carbocycles. The number of hydrogen-bond acceptors (Lipinski definition) is 2. The summed E-state index contributed by atoms with van der Waals surface area (Å²) in [6.07, 6.45) is 0. The number of para-hydroxylation sites is 2. The van der Waals surface area contributed by atoms with Gasteiger partial charge in [-0.2, -0.15) is 0 Å². The molecule has 0 unspecified atom stereocenters. The van der Waals surface area contributed by atoms with Crippen molar-refractivity contribution in [2.75, 3.05) is 4.90 Å². The largest absolute Gasteiger partial charge is 0.454 e. The van der Waals surface area contributed by atoms with E-state index in [9.17, 15) is 0 Å². The van der Waals surface area contributed by atoms with E-state index in [4.69, 9.17) is 4.42 Å². The van der Waals surface area contributed by atoms with E-state index in [1.54, 1.807) is 0 Å². The van der Waals surface area contributed by atoms with Crippen LogP contribution in [0.4, 0.5) is 17.1 Å². The van der Waals surface area contributed by atoms with Crippen LogP contribution in [0.3, 0.4) is 0 Å². The fraction of sp³-hybridized carbons (Fsp3) is 0. The zero-order chi connectivity index (χ0) is 25.3. The first kappa shape index (κ1) is 22.1. The van der Waals surface area contributed by atoms with Gasteiger partial charge < -0.3 is 9.32 Å². The van der Waals surface area contributed by atoms with Gasteiger partial charge in [-0.15, -0.1) is 0 Å². The van der Waals surface area contributed by atoms with Crippen LogP contribution >= 0.6 is 0 Å². The van der Waals surface area contributed by atoms with Crippen LogP contribution in [-0.4, -0.2) is 0 Å². The summed E-state index contributed by atoms with van der Waals surface area (Å²) >= 11 is 0. The molecule has 38 heavy (non-hydrogen) atoms. The Balaban J connectivity index is 1.55. The summed E-state index contributed by atoms with van der Waals surface area (Å²) in [6, 6.07) is 53.0. The molecule has 0 radical (unpaired) electrons. The van der Waals surface area contributed by atoms with Gasteiger partial charge in [0, 0.05) is 27.7 Å². The molecular formula is C36H25NO. The Morgan fingerprint density at radius 3 is 1.55 bits per heavy atom. The second kappa shape index (κ2) is 9.42. The topological polar surface area (TPSA) is 16.4 Å². The van der Waals surface area contributed by atoms with Gasteiger partial charge in [-0.25, -0.2) is 0 Å². The molecule has 0 atom stereocenters. The predicted molar refractivity (Wildman–Crippen MR) is 159 cm³/mol. The Kier molecular flexibility index (Phi) is 5.49. The van der Waals surface area contributed by atoms with Crippen LogP contribution in [-0.2, 0) is 0 Å². The molecule has 0 aliphatic carbocycles. The predicted octanol–water partition coefficient (Wildman–Crippen LogP) is 10.4. The van der Waals surface area contributed by atoms with Crippen molar-refractivity contribution in [3.05, 3.63) is 152 Å². The van der Waals surface area contributed by atoms with Gasteiger partial charge in [-0.05, 0) is 59.2 Å². The Labute approximate surface area is 222 Å². The number of fused-ring (bicyclic) bond motifs is 3. The monoisotopic (exact) mass is 487 g/mol. The average Bonchev–Trinajstić information content (AvgIpc) is 3.38. The molecule has 2 heteroatoms. The van der Waals surface area contributed by atoms with Crippen LogP contribution < -0.4 is 4.90 Å². The number of hydrogen-bond donors (Lipinski definition) is 0.